The molecule has 0 aromatic rings. The Hall–Kier alpha value is -0.160. The van der Waals surface area contributed by atoms with E-state index < -0.39 is 0 Å². The van der Waals surface area contributed by atoms with Crippen molar-refractivity contribution < 1.29 is 9.84 Å². The van der Waals surface area contributed by atoms with Gasteiger partial charge >= 0.3 is 0 Å². The second-order valence-electron chi connectivity index (χ2n) is 5.53. The first kappa shape index (κ1) is 15.9. The van der Waals surface area contributed by atoms with Gasteiger partial charge in [-0.05, 0) is 39.8 Å². The van der Waals surface area contributed by atoms with Crippen molar-refractivity contribution >= 4 is 0 Å². The Morgan fingerprint density at radius 2 is 2.17 bits per heavy atom. The van der Waals surface area contributed by atoms with Crippen LogP contribution in [-0.2, 0) is 4.74 Å². The van der Waals surface area contributed by atoms with Gasteiger partial charge in [-0.3, -0.25) is 4.90 Å². The van der Waals surface area contributed by atoms with Gasteiger partial charge in [-0.2, -0.15) is 0 Å². The van der Waals surface area contributed by atoms with E-state index in [1.165, 1.54) is 19.3 Å². The molecule has 2 atom stereocenters. The molecular weight excluding hydrogens is 228 g/mol. The van der Waals surface area contributed by atoms with Gasteiger partial charge in [0, 0.05) is 19.1 Å². The number of hydrogen-bond acceptors (Lipinski definition) is 4. The van der Waals surface area contributed by atoms with Gasteiger partial charge in [0.25, 0.3) is 0 Å². The normalized spacial score (nSPS) is 22.7. The highest BCUT2D eigenvalue weighted by Gasteiger charge is 2.18. The summed E-state index contributed by atoms with van der Waals surface area (Å²) in [5.41, 5.74) is 0. The molecule has 1 heterocycles. The average molecular weight is 258 g/mol. The summed E-state index contributed by atoms with van der Waals surface area (Å²) in [5, 5.41) is 13.5. The molecular formula is C14H30N2O2. The van der Waals surface area contributed by atoms with Crippen LogP contribution < -0.4 is 5.32 Å². The Labute approximate surface area is 112 Å². The summed E-state index contributed by atoms with van der Waals surface area (Å²) in [6, 6.07) is 0.594. The van der Waals surface area contributed by atoms with Crippen LogP contribution >= 0.6 is 0 Å². The molecule has 4 heteroatoms. The van der Waals surface area contributed by atoms with Gasteiger partial charge in [-0.1, -0.05) is 13.3 Å². The highest BCUT2D eigenvalue weighted by molar-refractivity contribution is 4.77. The number of aliphatic hydroxyl groups excluding tert-OH is 1. The molecule has 1 aliphatic rings. The molecule has 0 spiro atoms. The molecule has 0 radical (unpaired) electrons. The highest BCUT2D eigenvalue weighted by atomic mass is 16.5. The van der Waals surface area contributed by atoms with Crippen molar-refractivity contribution in [3.63, 3.8) is 0 Å². The zero-order valence-electron chi connectivity index (χ0n) is 12.2. The third kappa shape index (κ3) is 6.69. The second-order valence-corrected chi connectivity index (χ2v) is 5.53. The molecule has 18 heavy (non-hydrogen) atoms. The lowest BCUT2D eigenvalue weighted by Gasteiger charge is -2.31. The van der Waals surface area contributed by atoms with E-state index in [2.05, 4.69) is 17.1 Å². The zero-order chi connectivity index (χ0) is 13.4. The van der Waals surface area contributed by atoms with Crippen molar-refractivity contribution in [3.8, 4) is 0 Å². The Morgan fingerprint density at radius 1 is 1.39 bits per heavy atom. The Kier molecular flexibility index (Phi) is 7.82. The molecule has 2 unspecified atom stereocenters. The largest absolute Gasteiger partial charge is 0.389 e. The lowest BCUT2D eigenvalue weighted by molar-refractivity contribution is -0.00911. The van der Waals surface area contributed by atoms with Gasteiger partial charge in [0.2, 0.25) is 0 Å². The van der Waals surface area contributed by atoms with E-state index in [4.69, 9.17) is 4.74 Å². The third-order valence-corrected chi connectivity index (χ3v) is 3.43. The minimum absolute atomic E-state index is 0.190. The lowest BCUT2D eigenvalue weighted by atomic mass is 10.0. The topological polar surface area (TPSA) is 44.7 Å². The van der Waals surface area contributed by atoms with Gasteiger partial charge in [0.15, 0.2) is 0 Å². The summed E-state index contributed by atoms with van der Waals surface area (Å²) in [6.07, 6.45) is 3.70. The average Bonchev–Trinajstić information content (AvgIpc) is 2.37. The van der Waals surface area contributed by atoms with Crippen molar-refractivity contribution in [3.05, 3.63) is 0 Å². The first-order valence-corrected chi connectivity index (χ1v) is 7.37. The van der Waals surface area contributed by atoms with Crippen molar-refractivity contribution in [1.82, 2.24) is 10.2 Å². The number of likely N-dealkylation sites (N-methyl/N-ethyl adjacent to an activating group) is 1. The van der Waals surface area contributed by atoms with E-state index in [-0.39, 0.29) is 12.2 Å². The van der Waals surface area contributed by atoms with Gasteiger partial charge < -0.3 is 15.2 Å². The number of piperidine rings is 1. The Bertz CT molecular complexity index is 206. The van der Waals surface area contributed by atoms with E-state index in [0.717, 1.165) is 19.6 Å². The smallest absolute Gasteiger partial charge is 0.0900 e. The van der Waals surface area contributed by atoms with E-state index in [0.29, 0.717) is 19.2 Å². The van der Waals surface area contributed by atoms with Crippen LogP contribution in [0.25, 0.3) is 0 Å². The fourth-order valence-electron chi connectivity index (χ4n) is 2.38. The number of aliphatic hydroxyl groups is 1. The monoisotopic (exact) mass is 258 g/mol. The maximum absolute atomic E-state index is 9.94. The Balaban J connectivity index is 2.22. The van der Waals surface area contributed by atoms with Crippen LogP contribution in [0.3, 0.4) is 0 Å². The number of ether oxygens (including phenoxy) is 1. The van der Waals surface area contributed by atoms with Gasteiger partial charge in [-0.15, -0.1) is 0 Å². The predicted octanol–water partition coefficient (Wildman–Crippen LogP) is 1.24. The van der Waals surface area contributed by atoms with Gasteiger partial charge in [0.05, 0.1) is 18.8 Å². The van der Waals surface area contributed by atoms with E-state index >= 15 is 0 Å². The van der Waals surface area contributed by atoms with Crippen molar-refractivity contribution in [2.45, 2.75) is 58.3 Å². The zero-order valence-corrected chi connectivity index (χ0v) is 12.2. The number of nitrogens with zero attached hydrogens (tertiary/aromatic N) is 1. The van der Waals surface area contributed by atoms with Gasteiger partial charge in [0.1, 0.15) is 0 Å². The molecule has 0 saturated carbocycles. The maximum Gasteiger partial charge on any atom is 0.0900 e. The molecule has 1 fully saturated rings. The second kappa shape index (κ2) is 8.86. The molecule has 0 amide bonds. The van der Waals surface area contributed by atoms with Crippen LogP contribution in [0.15, 0.2) is 0 Å². The molecule has 1 saturated heterocycles. The van der Waals surface area contributed by atoms with Crippen LogP contribution in [0.2, 0.25) is 0 Å². The Morgan fingerprint density at radius 3 is 2.72 bits per heavy atom. The van der Waals surface area contributed by atoms with Crippen LogP contribution in [0.4, 0.5) is 0 Å². The van der Waals surface area contributed by atoms with Crippen LogP contribution in [0, 0.1) is 0 Å². The standard InChI is InChI=1S/C14H30N2O2/c1-4-16(9-13-7-5-6-8-15-13)10-14(17)11-18-12(2)3/h12-15,17H,4-11H2,1-3H3. The first-order valence-electron chi connectivity index (χ1n) is 7.37. The molecule has 0 aromatic carbocycles. The van der Waals surface area contributed by atoms with Crippen LogP contribution in [-0.4, -0.2) is 61.0 Å². The molecule has 0 aliphatic carbocycles. The van der Waals surface area contributed by atoms with E-state index in [1.54, 1.807) is 0 Å². The minimum Gasteiger partial charge on any atom is -0.389 e. The number of hydrogen-bond donors (Lipinski definition) is 2. The first-order chi connectivity index (χ1) is 8.61. The molecule has 108 valence electrons. The fourth-order valence-corrected chi connectivity index (χ4v) is 2.38. The number of rotatable bonds is 8. The molecule has 0 aromatic heterocycles. The third-order valence-electron chi connectivity index (χ3n) is 3.43. The summed E-state index contributed by atoms with van der Waals surface area (Å²) in [6.45, 7) is 10.5. The fraction of sp³-hybridized carbons (Fsp3) is 1.00. The van der Waals surface area contributed by atoms with Gasteiger partial charge in [-0.25, -0.2) is 0 Å². The van der Waals surface area contributed by atoms with Crippen molar-refractivity contribution in [1.29, 1.82) is 0 Å². The van der Waals surface area contributed by atoms with E-state index in [9.17, 15) is 5.11 Å². The highest BCUT2D eigenvalue weighted by Crippen LogP contribution is 2.09. The SMILES string of the molecule is CCN(CC(O)COC(C)C)CC1CCCCN1. The summed E-state index contributed by atoms with van der Waals surface area (Å²) in [5.74, 6) is 0. The summed E-state index contributed by atoms with van der Waals surface area (Å²) >= 11 is 0. The lowest BCUT2D eigenvalue weighted by Crippen LogP contribution is -2.46. The summed E-state index contributed by atoms with van der Waals surface area (Å²) in [4.78, 5) is 2.32. The summed E-state index contributed by atoms with van der Waals surface area (Å²) in [7, 11) is 0. The predicted molar refractivity (Wildman–Crippen MR) is 74.9 cm³/mol. The quantitative estimate of drug-likeness (QED) is 0.687. The van der Waals surface area contributed by atoms with Crippen LogP contribution in [0.5, 0.6) is 0 Å². The van der Waals surface area contributed by atoms with E-state index in [1.807, 2.05) is 13.8 Å². The molecule has 1 rings (SSSR count). The minimum atomic E-state index is -0.379. The molecule has 4 nitrogen and oxygen atoms in total. The summed E-state index contributed by atoms with van der Waals surface area (Å²) < 4.78 is 5.45. The van der Waals surface area contributed by atoms with Crippen molar-refractivity contribution in [2.75, 3.05) is 32.8 Å². The molecule has 1 aliphatic heterocycles. The molecule has 0 bridgehead atoms. The van der Waals surface area contributed by atoms with Crippen molar-refractivity contribution in [2.24, 2.45) is 0 Å². The number of nitrogens with one attached hydrogen (secondary N) is 1. The molecule has 2 N–H and O–H groups in total. The van der Waals surface area contributed by atoms with Crippen LogP contribution in [0.1, 0.15) is 40.0 Å². The maximum atomic E-state index is 9.94.